The largest absolute Gasteiger partial charge is 0.492 e. The molecule has 0 saturated carbocycles. The first kappa shape index (κ1) is 24.7. The fraction of sp³-hybridized carbons (Fsp3) is 0.500. The Labute approximate surface area is 210 Å². The topological polar surface area (TPSA) is 49.8 Å². The average Bonchev–Trinajstić information content (AvgIpc) is 3.14. The number of piperidine rings is 1. The van der Waals surface area contributed by atoms with E-state index in [0.29, 0.717) is 18.9 Å². The number of nitrogens with zero attached hydrogens (tertiary/aromatic N) is 1. The summed E-state index contributed by atoms with van der Waals surface area (Å²) in [6.45, 7) is 5.34. The van der Waals surface area contributed by atoms with Gasteiger partial charge in [-0.05, 0) is 74.2 Å². The van der Waals surface area contributed by atoms with E-state index >= 15 is 0 Å². The van der Waals surface area contributed by atoms with Crippen LogP contribution in [0.4, 0.5) is 0 Å². The number of ether oxygens (including phenoxy) is 1. The Morgan fingerprint density at radius 2 is 1.91 bits per heavy atom. The molecule has 7 heteroatoms. The summed E-state index contributed by atoms with van der Waals surface area (Å²) in [5.41, 5.74) is 3.53. The van der Waals surface area contributed by atoms with E-state index in [9.17, 15) is 4.79 Å². The number of halogens is 2. The van der Waals surface area contributed by atoms with E-state index in [1.807, 2.05) is 0 Å². The molecule has 1 spiro atoms. The van der Waals surface area contributed by atoms with Crippen molar-refractivity contribution in [3.8, 4) is 5.75 Å². The van der Waals surface area contributed by atoms with Crippen molar-refractivity contribution >= 4 is 40.9 Å². The molecule has 4 nitrogen and oxygen atoms in total. The summed E-state index contributed by atoms with van der Waals surface area (Å²) in [5.74, 6) is 0.963. The highest BCUT2D eigenvalue weighted by molar-refractivity contribution is 7.98. The first-order chi connectivity index (χ1) is 15.9. The van der Waals surface area contributed by atoms with Crippen molar-refractivity contribution in [1.29, 1.82) is 0 Å². The third kappa shape index (κ3) is 5.82. The summed E-state index contributed by atoms with van der Waals surface area (Å²) >= 11 is 14.9. The van der Waals surface area contributed by atoms with Crippen LogP contribution in [0.2, 0.25) is 10.0 Å². The summed E-state index contributed by atoms with van der Waals surface area (Å²) in [4.78, 5) is 14.3. The van der Waals surface area contributed by atoms with Crippen LogP contribution in [0.3, 0.4) is 0 Å². The van der Waals surface area contributed by atoms with Gasteiger partial charge in [0.15, 0.2) is 0 Å². The maximum Gasteiger partial charge on any atom is 0.304 e. The molecule has 0 aliphatic carbocycles. The van der Waals surface area contributed by atoms with Crippen molar-refractivity contribution in [3.63, 3.8) is 0 Å². The molecule has 178 valence electrons. The number of hydrogen-bond acceptors (Lipinski definition) is 4. The smallest absolute Gasteiger partial charge is 0.304 e. The van der Waals surface area contributed by atoms with Crippen LogP contribution in [0.15, 0.2) is 35.2 Å². The molecule has 2 aliphatic heterocycles. The van der Waals surface area contributed by atoms with Crippen LogP contribution in [0.25, 0.3) is 0 Å². The number of benzene rings is 2. The molecular weight excluding hydrogens is 477 g/mol. The van der Waals surface area contributed by atoms with Gasteiger partial charge in [0, 0.05) is 38.2 Å². The Balaban J connectivity index is 1.39. The lowest BCUT2D eigenvalue weighted by Crippen LogP contribution is -2.44. The Bertz CT molecular complexity index is 982. The zero-order valence-corrected chi connectivity index (χ0v) is 21.4. The second-order valence-electron chi connectivity index (χ2n) is 9.14. The van der Waals surface area contributed by atoms with Crippen LogP contribution in [0.5, 0.6) is 5.75 Å². The van der Waals surface area contributed by atoms with Crippen molar-refractivity contribution in [2.45, 2.75) is 61.5 Å². The minimum Gasteiger partial charge on any atom is -0.492 e. The second-order valence-corrected chi connectivity index (χ2v) is 11.0. The molecule has 0 atom stereocenters. The van der Waals surface area contributed by atoms with Crippen LogP contribution >= 0.6 is 35.0 Å². The molecule has 0 bridgehead atoms. The summed E-state index contributed by atoms with van der Waals surface area (Å²) in [7, 11) is 0. The van der Waals surface area contributed by atoms with Crippen molar-refractivity contribution in [2.75, 3.05) is 26.2 Å². The summed E-state index contributed by atoms with van der Waals surface area (Å²) in [6.07, 6.45) is 5.50. The lowest BCUT2D eigenvalue weighted by atomic mass is 9.74. The number of rotatable bonds is 9. The number of carboxylic acids is 1. The predicted molar refractivity (Wildman–Crippen MR) is 136 cm³/mol. The fourth-order valence-electron chi connectivity index (χ4n) is 4.79. The van der Waals surface area contributed by atoms with Crippen LogP contribution in [0, 0.1) is 0 Å². The van der Waals surface area contributed by atoms with E-state index < -0.39 is 5.97 Å². The van der Waals surface area contributed by atoms with Gasteiger partial charge in [-0.2, -0.15) is 0 Å². The molecule has 33 heavy (non-hydrogen) atoms. The molecular formula is C26H31Cl2NO3S. The summed E-state index contributed by atoms with van der Waals surface area (Å²) in [6, 6.07) is 10.6. The summed E-state index contributed by atoms with van der Waals surface area (Å²) in [5, 5.41) is 10.4. The molecule has 2 aromatic rings. The van der Waals surface area contributed by atoms with Gasteiger partial charge in [0.1, 0.15) is 5.75 Å². The van der Waals surface area contributed by atoms with Crippen molar-refractivity contribution in [1.82, 2.24) is 4.90 Å². The minimum absolute atomic E-state index is 0.0548. The van der Waals surface area contributed by atoms with Gasteiger partial charge in [-0.25, -0.2) is 0 Å². The zero-order chi connectivity index (χ0) is 23.4. The van der Waals surface area contributed by atoms with Gasteiger partial charge in [0.25, 0.3) is 0 Å². The van der Waals surface area contributed by atoms with E-state index in [1.165, 1.54) is 11.1 Å². The number of thioether (sulfide) groups is 1. The SMILES string of the molecule is CCCCc1cc(Cl)c(CSc2ccc3c(c2)OCC32CCN(CCC(=O)O)CC2)c(Cl)c1. The van der Waals surface area contributed by atoms with Gasteiger partial charge in [-0.15, -0.1) is 11.8 Å². The van der Waals surface area contributed by atoms with E-state index in [4.69, 9.17) is 33.0 Å². The quantitative estimate of drug-likeness (QED) is 0.377. The minimum atomic E-state index is -0.732. The highest BCUT2D eigenvalue weighted by Gasteiger charge is 2.43. The van der Waals surface area contributed by atoms with Gasteiger partial charge in [-0.3, -0.25) is 4.79 Å². The molecule has 0 unspecified atom stereocenters. The number of unbranched alkanes of at least 4 members (excludes halogenated alkanes) is 1. The van der Waals surface area contributed by atoms with Crippen molar-refractivity contribution in [2.24, 2.45) is 0 Å². The maximum absolute atomic E-state index is 10.9. The first-order valence-electron chi connectivity index (χ1n) is 11.7. The molecule has 2 aliphatic rings. The van der Waals surface area contributed by atoms with Crippen LogP contribution in [-0.4, -0.2) is 42.2 Å². The van der Waals surface area contributed by atoms with Crippen LogP contribution in [0.1, 0.15) is 55.7 Å². The Hall–Kier alpha value is -1.40. The number of aryl methyl sites for hydroxylation is 1. The Kier molecular flexibility index (Phi) is 8.16. The molecule has 4 rings (SSSR count). The van der Waals surface area contributed by atoms with E-state index in [1.54, 1.807) is 11.8 Å². The van der Waals surface area contributed by atoms with Crippen LogP contribution in [-0.2, 0) is 22.4 Å². The maximum atomic E-state index is 10.9. The van der Waals surface area contributed by atoms with Gasteiger partial charge in [0.05, 0.1) is 13.0 Å². The molecule has 2 aromatic carbocycles. The molecule has 0 radical (unpaired) electrons. The molecule has 1 saturated heterocycles. The van der Waals surface area contributed by atoms with Gasteiger partial charge < -0.3 is 14.7 Å². The Morgan fingerprint density at radius 1 is 1.18 bits per heavy atom. The van der Waals surface area contributed by atoms with E-state index in [-0.39, 0.29) is 11.8 Å². The molecule has 1 N–H and O–H groups in total. The fourth-order valence-corrected chi connectivity index (χ4v) is 6.59. The molecule has 0 amide bonds. The molecule has 2 heterocycles. The lowest BCUT2D eigenvalue weighted by molar-refractivity contribution is -0.137. The van der Waals surface area contributed by atoms with Crippen molar-refractivity contribution in [3.05, 3.63) is 57.1 Å². The van der Waals surface area contributed by atoms with Gasteiger partial charge in [-0.1, -0.05) is 42.6 Å². The summed E-state index contributed by atoms with van der Waals surface area (Å²) < 4.78 is 6.14. The first-order valence-corrected chi connectivity index (χ1v) is 13.5. The zero-order valence-electron chi connectivity index (χ0n) is 19.0. The standard InChI is InChI=1S/C26H31Cl2NO3S/c1-2-3-4-18-13-22(27)20(23(28)14-18)16-33-19-5-6-21-24(15-19)32-17-26(21)8-11-29(12-9-26)10-7-25(30)31/h5-6,13-15H,2-4,7-12,16-17H2,1H3,(H,30,31). The normalized spacial score (nSPS) is 17.2. The van der Waals surface area contributed by atoms with Crippen LogP contribution < -0.4 is 4.74 Å². The predicted octanol–water partition coefficient (Wildman–Crippen LogP) is 6.83. The Morgan fingerprint density at radius 3 is 2.58 bits per heavy atom. The average molecular weight is 509 g/mol. The number of hydrogen-bond donors (Lipinski definition) is 1. The lowest BCUT2D eigenvalue weighted by Gasteiger charge is -2.38. The third-order valence-electron chi connectivity index (χ3n) is 6.89. The number of likely N-dealkylation sites (tertiary alicyclic amines) is 1. The number of carboxylic acid groups (broad SMARTS) is 1. The van der Waals surface area contributed by atoms with E-state index in [2.05, 4.69) is 42.2 Å². The molecule has 1 fully saturated rings. The highest BCUT2D eigenvalue weighted by atomic mass is 35.5. The van der Waals surface area contributed by atoms with Gasteiger partial charge >= 0.3 is 5.97 Å². The monoisotopic (exact) mass is 507 g/mol. The third-order valence-corrected chi connectivity index (χ3v) is 8.58. The highest BCUT2D eigenvalue weighted by Crippen LogP contribution is 2.47. The van der Waals surface area contributed by atoms with Crippen molar-refractivity contribution < 1.29 is 14.6 Å². The van der Waals surface area contributed by atoms with Gasteiger partial charge in [0.2, 0.25) is 0 Å². The molecule has 0 aromatic heterocycles. The number of aliphatic carboxylic acids is 1. The van der Waals surface area contributed by atoms with E-state index in [0.717, 1.165) is 71.4 Å². The second kappa shape index (κ2) is 10.9. The number of carbonyl (C=O) groups is 1. The number of fused-ring (bicyclic) bond motifs is 2.